The number of carbonyl (C=O) groups excluding carboxylic acids is 1. The van der Waals surface area contributed by atoms with E-state index >= 15 is 0 Å². The molecule has 2 heterocycles. The van der Waals surface area contributed by atoms with Gasteiger partial charge in [0.15, 0.2) is 5.82 Å². The van der Waals surface area contributed by atoms with Crippen LogP contribution in [0, 0.1) is 6.92 Å². The molecule has 0 saturated carbocycles. The van der Waals surface area contributed by atoms with Crippen LogP contribution in [0.4, 0.5) is 11.5 Å². The van der Waals surface area contributed by atoms with Gasteiger partial charge in [-0.05, 0) is 26.0 Å². The molecule has 1 aromatic heterocycles. The third-order valence-corrected chi connectivity index (χ3v) is 3.16. The maximum atomic E-state index is 11.9. The van der Waals surface area contributed by atoms with Crippen molar-refractivity contribution >= 4 is 17.5 Å². The molecule has 1 aromatic carbocycles. The zero-order valence-electron chi connectivity index (χ0n) is 10.9. The summed E-state index contributed by atoms with van der Waals surface area (Å²) in [5.74, 6) is 0.202. The highest BCUT2D eigenvalue weighted by molar-refractivity contribution is 5.97. The topological polar surface area (TPSA) is 67.0 Å². The van der Waals surface area contributed by atoms with Gasteiger partial charge in [0.2, 0.25) is 0 Å². The number of hydrogen-bond acceptors (Lipinski definition) is 4. The molecular formula is C14H15N3O2. The Morgan fingerprint density at radius 3 is 2.84 bits per heavy atom. The number of fused-ring (bicyclic) bond motifs is 1. The lowest BCUT2D eigenvalue weighted by molar-refractivity contribution is 0.0301. The first kappa shape index (κ1) is 11.8. The van der Waals surface area contributed by atoms with E-state index in [-0.39, 0.29) is 12.1 Å². The van der Waals surface area contributed by atoms with Gasteiger partial charge < -0.3 is 10.1 Å². The van der Waals surface area contributed by atoms with E-state index < -0.39 is 0 Å². The van der Waals surface area contributed by atoms with Gasteiger partial charge in [-0.15, -0.1) is 0 Å². The largest absolute Gasteiger partial charge is 0.459 e. The van der Waals surface area contributed by atoms with Crippen LogP contribution in [0.25, 0.3) is 0 Å². The first-order valence-electron chi connectivity index (χ1n) is 6.25. The van der Waals surface area contributed by atoms with Crippen LogP contribution < -0.4 is 5.32 Å². The molecule has 0 saturated heterocycles. The summed E-state index contributed by atoms with van der Waals surface area (Å²) in [7, 11) is 0. The van der Waals surface area contributed by atoms with Crippen molar-refractivity contribution < 1.29 is 9.53 Å². The number of carbonyl (C=O) groups is 1. The molecule has 0 fully saturated rings. The number of anilines is 2. The maximum Gasteiger partial charge on any atom is 0.344 e. The van der Waals surface area contributed by atoms with E-state index in [4.69, 9.17) is 4.74 Å². The lowest BCUT2D eigenvalue weighted by Gasteiger charge is -2.18. The summed E-state index contributed by atoms with van der Waals surface area (Å²) < 4.78 is 5.23. The van der Waals surface area contributed by atoms with Crippen molar-refractivity contribution in [2.24, 2.45) is 0 Å². The highest BCUT2D eigenvalue weighted by Gasteiger charge is 2.29. The highest BCUT2D eigenvalue weighted by atomic mass is 16.5. The van der Waals surface area contributed by atoms with Crippen LogP contribution in [-0.4, -0.2) is 22.3 Å². The molecule has 2 aromatic rings. The van der Waals surface area contributed by atoms with Gasteiger partial charge >= 0.3 is 5.97 Å². The molecule has 0 radical (unpaired) electrons. The molecule has 3 rings (SSSR count). The van der Waals surface area contributed by atoms with Gasteiger partial charge in [0, 0.05) is 12.1 Å². The Labute approximate surface area is 111 Å². The minimum Gasteiger partial charge on any atom is -0.459 e. The summed E-state index contributed by atoms with van der Waals surface area (Å²) in [6.07, 6.45) is 0.566. The van der Waals surface area contributed by atoms with Crippen molar-refractivity contribution in [3.05, 3.63) is 41.1 Å². The van der Waals surface area contributed by atoms with Crippen molar-refractivity contribution in [1.29, 1.82) is 0 Å². The second-order valence-corrected chi connectivity index (χ2v) is 4.84. The number of benzene rings is 1. The summed E-state index contributed by atoms with van der Waals surface area (Å²) in [4.78, 5) is 11.9. The summed E-state index contributed by atoms with van der Waals surface area (Å²) in [5.41, 5.74) is 3.42. The SMILES string of the molecule is Cc1ccc(Nc2n[nH]c3c2C(=O)OC(C)C3)cc1. The maximum absolute atomic E-state index is 11.9. The van der Waals surface area contributed by atoms with Gasteiger partial charge in [-0.2, -0.15) is 5.10 Å². The van der Waals surface area contributed by atoms with Crippen LogP contribution in [0.3, 0.4) is 0 Å². The van der Waals surface area contributed by atoms with Crippen LogP contribution in [0.15, 0.2) is 24.3 Å². The number of H-pyrrole nitrogens is 1. The highest BCUT2D eigenvalue weighted by Crippen LogP contribution is 2.27. The molecular weight excluding hydrogens is 242 g/mol. The van der Waals surface area contributed by atoms with Gasteiger partial charge in [0.1, 0.15) is 11.7 Å². The normalized spacial score (nSPS) is 17.8. The van der Waals surface area contributed by atoms with E-state index in [9.17, 15) is 4.79 Å². The van der Waals surface area contributed by atoms with Crippen LogP contribution in [0.2, 0.25) is 0 Å². The summed E-state index contributed by atoms with van der Waals surface area (Å²) in [5, 5.41) is 10.2. The second-order valence-electron chi connectivity index (χ2n) is 4.84. The average Bonchev–Trinajstić information content (AvgIpc) is 2.75. The van der Waals surface area contributed by atoms with Crippen LogP contribution in [0.5, 0.6) is 0 Å². The number of hydrogen-bond donors (Lipinski definition) is 2. The van der Waals surface area contributed by atoms with Crippen LogP contribution in [0.1, 0.15) is 28.5 Å². The van der Waals surface area contributed by atoms with Gasteiger partial charge in [0.05, 0.1) is 5.69 Å². The van der Waals surface area contributed by atoms with Gasteiger partial charge in [-0.3, -0.25) is 5.10 Å². The zero-order valence-corrected chi connectivity index (χ0v) is 10.9. The number of aryl methyl sites for hydroxylation is 1. The fraction of sp³-hybridized carbons (Fsp3) is 0.286. The number of rotatable bonds is 2. The van der Waals surface area contributed by atoms with Crippen molar-refractivity contribution in [1.82, 2.24) is 10.2 Å². The summed E-state index contributed by atoms with van der Waals surface area (Å²) >= 11 is 0. The Kier molecular flexibility index (Phi) is 2.74. The molecule has 0 amide bonds. The molecule has 5 heteroatoms. The summed E-state index contributed by atoms with van der Waals surface area (Å²) in [6.45, 7) is 3.90. The molecule has 0 aliphatic carbocycles. The first-order chi connectivity index (χ1) is 9.13. The zero-order chi connectivity index (χ0) is 13.4. The molecule has 1 atom stereocenters. The molecule has 0 bridgehead atoms. The Hall–Kier alpha value is -2.30. The predicted octanol–water partition coefficient (Wildman–Crippen LogP) is 2.56. The lowest BCUT2D eigenvalue weighted by Crippen LogP contribution is -2.25. The van der Waals surface area contributed by atoms with Gasteiger partial charge in [-0.25, -0.2) is 4.79 Å². The number of ether oxygens (including phenoxy) is 1. The summed E-state index contributed by atoms with van der Waals surface area (Å²) in [6, 6.07) is 7.91. The quantitative estimate of drug-likeness (QED) is 0.811. The minimum absolute atomic E-state index is 0.104. The van der Waals surface area contributed by atoms with Gasteiger partial charge in [0.25, 0.3) is 0 Å². The van der Waals surface area contributed by atoms with E-state index in [2.05, 4.69) is 15.5 Å². The Balaban J connectivity index is 1.91. The number of nitrogens with one attached hydrogen (secondary N) is 2. The third kappa shape index (κ3) is 2.19. The molecule has 2 N–H and O–H groups in total. The molecule has 1 aliphatic rings. The van der Waals surface area contributed by atoms with Gasteiger partial charge in [-0.1, -0.05) is 17.7 Å². The minimum atomic E-state index is -0.322. The number of cyclic esters (lactones) is 1. The van der Waals surface area contributed by atoms with Crippen molar-refractivity contribution in [3.63, 3.8) is 0 Å². The molecule has 1 aliphatic heterocycles. The fourth-order valence-electron chi connectivity index (χ4n) is 2.18. The standard InChI is InChI=1S/C14H15N3O2/c1-8-3-5-10(6-4-8)15-13-12-11(16-17-13)7-9(2)19-14(12)18/h3-6,9H,7H2,1-2H3,(H2,15,16,17). The predicted molar refractivity (Wildman–Crippen MR) is 71.6 cm³/mol. The average molecular weight is 257 g/mol. The van der Waals surface area contributed by atoms with Crippen molar-refractivity contribution in [2.75, 3.05) is 5.32 Å². The number of esters is 1. The molecule has 0 spiro atoms. The molecule has 5 nitrogen and oxygen atoms in total. The van der Waals surface area contributed by atoms with Crippen LogP contribution >= 0.6 is 0 Å². The first-order valence-corrected chi connectivity index (χ1v) is 6.25. The van der Waals surface area contributed by atoms with Crippen molar-refractivity contribution in [3.8, 4) is 0 Å². The smallest absolute Gasteiger partial charge is 0.344 e. The van der Waals surface area contributed by atoms with Crippen LogP contribution in [-0.2, 0) is 11.2 Å². The van der Waals surface area contributed by atoms with E-state index in [1.807, 2.05) is 38.1 Å². The fourth-order valence-corrected chi connectivity index (χ4v) is 2.18. The Bertz CT molecular complexity index is 616. The Morgan fingerprint density at radius 1 is 1.37 bits per heavy atom. The van der Waals surface area contributed by atoms with E-state index in [1.165, 1.54) is 5.56 Å². The van der Waals surface area contributed by atoms with E-state index in [1.54, 1.807) is 0 Å². The van der Waals surface area contributed by atoms with E-state index in [0.29, 0.717) is 17.8 Å². The monoisotopic (exact) mass is 257 g/mol. The number of aromatic amines is 1. The number of nitrogens with zero attached hydrogens (tertiary/aromatic N) is 1. The lowest BCUT2D eigenvalue weighted by atomic mass is 10.1. The molecule has 19 heavy (non-hydrogen) atoms. The molecule has 1 unspecified atom stereocenters. The second kappa shape index (κ2) is 4.42. The number of aromatic nitrogens is 2. The van der Waals surface area contributed by atoms with Crippen molar-refractivity contribution in [2.45, 2.75) is 26.4 Å². The third-order valence-electron chi connectivity index (χ3n) is 3.16. The molecule has 98 valence electrons. The Morgan fingerprint density at radius 2 is 2.11 bits per heavy atom. The van der Waals surface area contributed by atoms with E-state index in [0.717, 1.165) is 11.4 Å².